The van der Waals surface area contributed by atoms with E-state index >= 15 is 0 Å². The van der Waals surface area contributed by atoms with Gasteiger partial charge in [-0.15, -0.1) is 0 Å². The molecule has 0 amide bonds. The molecule has 0 saturated carbocycles. The van der Waals surface area contributed by atoms with Crippen LogP contribution in [0.15, 0.2) is 24.3 Å². The van der Waals surface area contributed by atoms with Crippen molar-refractivity contribution in [2.45, 2.75) is 19.0 Å². The largest absolute Gasteiger partial charge is 0.308 e. The first-order valence-electron chi connectivity index (χ1n) is 7.19. The van der Waals surface area contributed by atoms with E-state index in [0.29, 0.717) is 5.75 Å². The molecule has 4 nitrogen and oxygen atoms in total. The maximum Gasteiger partial charge on any atom is 0.151 e. The number of hydrogen-bond donors (Lipinski definition) is 0. The Hall–Kier alpha value is -0.620. The number of hydrogen-bond acceptors (Lipinski definition) is 4. The summed E-state index contributed by atoms with van der Waals surface area (Å²) in [6.07, 6.45) is 0.732. The maximum absolute atomic E-state index is 11.7. The van der Waals surface area contributed by atoms with Gasteiger partial charge in [-0.05, 0) is 38.2 Å². The third kappa shape index (κ3) is 5.25. The van der Waals surface area contributed by atoms with Crippen molar-refractivity contribution in [3.8, 4) is 0 Å². The van der Waals surface area contributed by atoms with Crippen molar-refractivity contribution in [2.75, 3.05) is 38.7 Å². The lowest BCUT2D eigenvalue weighted by Gasteiger charge is -2.29. The molecule has 0 spiro atoms. The Morgan fingerprint density at radius 3 is 2.62 bits per heavy atom. The molecule has 1 aliphatic rings. The van der Waals surface area contributed by atoms with Crippen molar-refractivity contribution in [1.82, 2.24) is 9.80 Å². The molecule has 21 heavy (non-hydrogen) atoms. The number of nitrogens with zero attached hydrogens (tertiary/aromatic N) is 2. The summed E-state index contributed by atoms with van der Waals surface area (Å²) < 4.78 is 23.5. The highest BCUT2D eigenvalue weighted by molar-refractivity contribution is 7.91. The average Bonchev–Trinajstić information content (AvgIpc) is 2.74. The Bertz CT molecular complexity index is 575. The molecule has 6 heteroatoms. The summed E-state index contributed by atoms with van der Waals surface area (Å²) in [5.74, 6) is 0.590. The smallest absolute Gasteiger partial charge is 0.151 e. The fourth-order valence-corrected chi connectivity index (χ4v) is 4.63. The lowest BCUT2D eigenvalue weighted by molar-refractivity contribution is 0.183. The van der Waals surface area contributed by atoms with E-state index in [2.05, 4.69) is 9.80 Å². The molecule has 1 atom stereocenters. The second-order valence-corrected chi connectivity index (χ2v) is 8.63. The highest BCUT2D eigenvalue weighted by atomic mass is 35.5. The van der Waals surface area contributed by atoms with Gasteiger partial charge in [0.1, 0.15) is 0 Å². The minimum absolute atomic E-state index is 0.119. The van der Waals surface area contributed by atoms with Crippen molar-refractivity contribution in [2.24, 2.45) is 0 Å². The Kier molecular flexibility index (Phi) is 5.66. The normalized spacial score (nSPS) is 21.3. The van der Waals surface area contributed by atoms with Gasteiger partial charge in [-0.1, -0.05) is 23.7 Å². The maximum atomic E-state index is 11.7. The molecule has 0 aliphatic carbocycles. The van der Waals surface area contributed by atoms with Crippen LogP contribution >= 0.6 is 11.6 Å². The van der Waals surface area contributed by atoms with Gasteiger partial charge in [0.25, 0.3) is 0 Å². The van der Waals surface area contributed by atoms with Gasteiger partial charge in [0.15, 0.2) is 9.84 Å². The Morgan fingerprint density at radius 2 is 2.05 bits per heavy atom. The summed E-state index contributed by atoms with van der Waals surface area (Å²) >= 11 is 6.04. The number of likely N-dealkylation sites (N-methyl/N-ethyl adjacent to an activating group) is 1. The molecular formula is C15H23ClN2O2S. The summed E-state index contributed by atoms with van der Waals surface area (Å²) in [4.78, 5) is 4.39. The van der Waals surface area contributed by atoms with Gasteiger partial charge in [-0.2, -0.15) is 0 Å². The molecule has 0 bridgehead atoms. The molecule has 1 fully saturated rings. The van der Waals surface area contributed by atoms with Crippen molar-refractivity contribution < 1.29 is 8.42 Å². The van der Waals surface area contributed by atoms with Gasteiger partial charge >= 0.3 is 0 Å². The van der Waals surface area contributed by atoms with E-state index in [-0.39, 0.29) is 11.8 Å². The van der Waals surface area contributed by atoms with Gasteiger partial charge in [-0.3, -0.25) is 4.90 Å². The van der Waals surface area contributed by atoms with Gasteiger partial charge in [0.2, 0.25) is 0 Å². The zero-order valence-electron chi connectivity index (χ0n) is 12.6. The molecule has 0 N–H and O–H groups in total. The lowest BCUT2D eigenvalue weighted by atomic mass is 10.1. The third-order valence-electron chi connectivity index (χ3n) is 3.83. The highest BCUT2D eigenvalue weighted by Crippen LogP contribution is 2.21. The molecule has 118 valence electrons. The third-order valence-corrected chi connectivity index (χ3v) is 5.82. The van der Waals surface area contributed by atoms with Crippen molar-refractivity contribution in [3.63, 3.8) is 0 Å². The second-order valence-electron chi connectivity index (χ2n) is 5.96. The van der Waals surface area contributed by atoms with Gasteiger partial charge < -0.3 is 4.90 Å². The van der Waals surface area contributed by atoms with Crippen LogP contribution in [0.3, 0.4) is 0 Å². The number of halogens is 1. The summed E-state index contributed by atoms with van der Waals surface area (Å²) in [5.41, 5.74) is 1.13. The fraction of sp³-hybridized carbons (Fsp3) is 0.600. The Morgan fingerprint density at radius 1 is 1.29 bits per heavy atom. The Labute approximate surface area is 132 Å². The first kappa shape index (κ1) is 16.7. The van der Waals surface area contributed by atoms with Crippen molar-refractivity contribution in [1.29, 1.82) is 0 Å². The standard InChI is InChI=1S/C15H23ClN2O2S/c1-17(2)7-8-18(15-6-9-21(19,20)12-15)11-13-4-3-5-14(16)10-13/h3-5,10,15H,6-9,11-12H2,1-2H3/t15-/m0/s1. The minimum Gasteiger partial charge on any atom is -0.308 e. The van der Waals surface area contributed by atoms with Crippen LogP contribution < -0.4 is 0 Å². The summed E-state index contributed by atoms with van der Waals surface area (Å²) in [5, 5.41) is 0.721. The van der Waals surface area contributed by atoms with Crippen LogP contribution in [0.5, 0.6) is 0 Å². The zero-order chi connectivity index (χ0) is 15.5. The SMILES string of the molecule is CN(C)CCN(Cc1cccc(Cl)c1)[C@H]1CCS(=O)(=O)C1. The highest BCUT2D eigenvalue weighted by Gasteiger charge is 2.32. The molecule has 2 rings (SSSR count). The number of rotatable bonds is 6. The van der Waals surface area contributed by atoms with E-state index in [1.54, 1.807) is 0 Å². The molecular weight excluding hydrogens is 308 g/mol. The van der Waals surface area contributed by atoms with Crippen LogP contribution in [0.25, 0.3) is 0 Å². The zero-order valence-corrected chi connectivity index (χ0v) is 14.2. The molecule has 1 saturated heterocycles. The van der Waals surface area contributed by atoms with Gasteiger partial charge in [0, 0.05) is 30.7 Å². The summed E-state index contributed by atoms with van der Waals surface area (Å²) in [6, 6.07) is 7.91. The molecule has 0 aromatic heterocycles. The monoisotopic (exact) mass is 330 g/mol. The fourth-order valence-electron chi connectivity index (χ4n) is 2.65. The molecule has 1 aliphatic heterocycles. The van der Waals surface area contributed by atoms with Crippen LogP contribution in [0.4, 0.5) is 0 Å². The summed E-state index contributed by atoms with van der Waals surface area (Å²) in [7, 11) is 1.20. The summed E-state index contributed by atoms with van der Waals surface area (Å²) in [6.45, 7) is 2.52. The molecule has 1 aromatic rings. The number of benzene rings is 1. The topological polar surface area (TPSA) is 40.6 Å². The molecule has 1 aromatic carbocycles. The Balaban J connectivity index is 2.08. The van der Waals surface area contributed by atoms with Crippen LogP contribution in [0.2, 0.25) is 5.02 Å². The molecule has 1 heterocycles. The molecule has 0 radical (unpaired) electrons. The van der Waals surface area contributed by atoms with Gasteiger partial charge in [-0.25, -0.2) is 8.42 Å². The lowest BCUT2D eigenvalue weighted by Crippen LogP contribution is -2.40. The predicted molar refractivity (Wildman–Crippen MR) is 87.5 cm³/mol. The minimum atomic E-state index is -2.86. The quantitative estimate of drug-likeness (QED) is 0.798. The van der Waals surface area contributed by atoms with Gasteiger partial charge in [0.05, 0.1) is 11.5 Å². The van der Waals surface area contributed by atoms with Crippen LogP contribution in [0, 0.1) is 0 Å². The number of sulfone groups is 1. The second kappa shape index (κ2) is 7.09. The molecule has 0 unspecified atom stereocenters. The van der Waals surface area contributed by atoms with E-state index in [9.17, 15) is 8.42 Å². The predicted octanol–water partition coefficient (Wildman–Crippen LogP) is 1.89. The van der Waals surface area contributed by atoms with E-state index < -0.39 is 9.84 Å². The van der Waals surface area contributed by atoms with Crippen molar-refractivity contribution in [3.05, 3.63) is 34.9 Å². The van der Waals surface area contributed by atoms with Crippen LogP contribution in [-0.4, -0.2) is 63.0 Å². The van der Waals surface area contributed by atoms with E-state index in [1.807, 2.05) is 38.4 Å². The average molecular weight is 331 g/mol. The first-order valence-corrected chi connectivity index (χ1v) is 9.39. The van der Waals surface area contributed by atoms with Crippen molar-refractivity contribution >= 4 is 21.4 Å². The van der Waals surface area contributed by atoms with Crippen LogP contribution in [0.1, 0.15) is 12.0 Å². The van der Waals surface area contributed by atoms with E-state index in [0.717, 1.165) is 36.6 Å². The van der Waals surface area contributed by atoms with E-state index in [4.69, 9.17) is 11.6 Å². The van der Waals surface area contributed by atoms with Crippen LogP contribution in [-0.2, 0) is 16.4 Å². The first-order chi connectivity index (χ1) is 9.85. The van der Waals surface area contributed by atoms with E-state index in [1.165, 1.54) is 0 Å².